The van der Waals surface area contributed by atoms with Crippen molar-refractivity contribution in [3.05, 3.63) is 17.0 Å². The van der Waals surface area contributed by atoms with Crippen molar-refractivity contribution in [1.82, 2.24) is 15.5 Å². The number of nitrogens with one attached hydrogen (secondary N) is 1. The number of hydrogen-bond donors (Lipinski definition) is 4. The summed E-state index contributed by atoms with van der Waals surface area (Å²) in [5, 5.41) is 15.9. The highest BCUT2D eigenvalue weighted by atomic mass is 35.5. The van der Waals surface area contributed by atoms with Crippen LogP contribution in [0.1, 0.15) is 68.8 Å². The Morgan fingerprint density at radius 3 is 2.46 bits per heavy atom. The molecule has 2 unspecified atom stereocenters. The summed E-state index contributed by atoms with van der Waals surface area (Å²) in [6.45, 7) is 3.58. The number of amides is 1. The number of aromatic nitrogens is 2. The highest BCUT2D eigenvalue weighted by Gasteiger charge is 2.36. The number of carbonyl (C=O) groups is 3. The van der Waals surface area contributed by atoms with E-state index in [9.17, 15) is 22.8 Å². The van der Waals surface area contributed by atoms with E-state index in [1.807, 2.05) is 6.92 Å². The summed E-state index contributed by atoms with van der Waals surface area (Å²) in [7, 11) is -4.19. The molecule has 16 nitrogen and oxygen atoms in total. The van der Waals surface area contributed by atoms with Crippen molar-refractivity contribution in [3.8, 4) is 10.8 Å². The van der Waals surface area contributed by atoms with Crippen molar-refractivity contribution in [2.45, 2.75) is 75.5 Å². The number of thiophene rings is 1. The molecule has 260 valence electrons. The number of rotatable bonds is 16. The van der Waals surface area contributed by atoms with Crippen LogP contribution in [0.4, 0.5) is 4.79 Å². The zero-order valence-electron chi connectivity index (χ0n) is 25.5. The molecule has 1 aliphatic rings. The lowest BCUT2D eigenvalue weighted by Gasteiger charge is -2.24. The molecule has 0 bridgehead atoms. The SMILES string of the molecule is CCCC1CC(=NOC(=O)OCCOC(=O)C(CCCCN)NC(=O)CCN)c2c(S(N)(=O)=O)sc(-c3nc(C)no3)c2C1.Cl.Cl. The Morgan fingerprint density at radius 1 is 1.13 bits per heavy atom. The van der Waals surface area contributed by atoms with Gasteiger partial charge >= 0.3 is 12.1 Å². The summed E-state index contributed by atoms with van der Waals surface area (Å²) < 4.78 is 40.4. The standard InChI is InChI=1S/C26H39N7O9S2.2ClH/c1-3-6-16-13-17-21(25(44(29,37)38)43-22(17)23-30-15(2)32-41-23)19(14-16)33-42-26(36)40-12-11-39-24(35)18(7-4-5-9-27)31-20(34)8-10-28;;/h16,18H,3-14,27-28H2,1-2H3,(H,31,34)(H2,29,37,38);2*1H. The van der Waals surface area contributed by atoms with Crippen LogP contribution >= 0.6 is 36.2 Å². The number of fused-ring (bicyclic) bond motifs is 1. The lowest BCUT2D eigenvalue weighted by molar-refractivity contribution is -0.149. The zero-order chi connectivity index (χ0) is 32.3. The Bertz CT molecular complexity index is 1450. The van der Waals surface area contributed by atoms with Gasteiger partial charge in [-0.1, -0.05) is 30.1 Å². The number of primary sulfonamides is 1. The molecule has 1 aliphatic carbocycles. The fourth-order valence-electron chi connectivity index (χ4n) is 4.75. The Kier molecular flexibility index (Phi) is 17.6. The molecule has 2 aromatic heterocycles. The maximum Gasteiger partial charge on any atom is 0.535 e. The number of nitrogens with two attached hydrogens (primary N) is 3. The number of nitrogens with zero attached hydrogens (tertiary/aromatic N) is 3. The van der Waals surface area contributed by atoms with Crippen molar-refractivity contribution in [1.29, 1.82) is 0 Å². The minimum absolute atomic E-state index is 0. The average Bonchev–Trinajstić information content (AvgIpc) is 3.57. The fraction of sp³-hybridized carbons (Fsp3) is 0.615. The van der Waals surface area contributed by atoms with E-state index in [-0.39, 0.29) is 84.2 Å². The Balaban J connectivity index is 0.00000529. The number of oxime groups is 1. The van der Waals surface area contributed by atoms with Crippen molar-refractivity contribution in [3.63, 3.8) is 0 Å². The molecule has 46 heavy (non-hydrogen) atoms. The molecule has 0 aliphatic heterocycles. The monoisotopic (exact) mass is 729 g/mol. The smallest absolute Gasteiger partial charge is 0.461 e. The predicted molar refractivity (Wildman–Crippen MR) is 173 cm³/mol. The number of halogens is 2. The number of carbonyl (C=O) groups excluding carboxylic acids is 3. The molecule has 0 saturated heterocycles. The molecule has 3 rings (SSSR count). The van der Waals surface area contributed by atoms with E-state index in [1.165, 1.54) is 0 Å². The summed E-state index contributed by atoms with van der Waals surface area (Å²) in [6, 6.07) is -0.893. The first kappa shape index (κ1) is 41.2. The Hall–Kier alpha value is -2.87. The van der Waals surface area contributed by atoms with Gasteiger partial charge in [0.2, 0.25) is 15.9 Å². The third kappa shape index (κ3) is 11.7. The van der Waals surface area contributed by atoms with Crippen LogP contribution in [0.5, 0.6) is 0 Å². The first-order chi connectivity index (χ1) is 21.0. The van der Waals surface area contributed by atoms with Crippen molar-refractivity contribution in [2.75, 3.05) is 26.3 Å². The van der Waals surface area contributed by atoms with Crippen LogP contribution in [0.2, 0.25) is 0 Å². The molecule has 20 heteroatoms. The number of unbranched alkanes of at least 4 members (excludes halogenated alkanes) is 1. The molecule has 0 aromatic carbocycles. The highest BCUT2D eigenvalue weighted by molar-refractivity contribution is 7.91. The fourth-order valence-corrected chi connectivity index (χ4v) is 7.00. The van der Waals surface area contributed by atoms with E-state index in [0.717, 1.165) is 24.2 Å². The van der Waals surface area contributed by atoms with Crippen LogP contribution in [-0.4, -0.2) is 74.6 Å². The van der Waals surface area contributed by atoms with Crippen LogP contribution in [-0.2, 0) is 40.3 Å². The third-order valence-electron chi connectivity index (χ3n) is 6.63. The number of sulfonamides is 1. The molecule has 0 saturated carbocycles. The molecular weight excluding hydrogens is 689 g/mol. The van der Waals surface area contributed by atoms with Crippen molar-refractivity contribution in [2.24, 2.45) is 27.7 Å². The summed E-state index contributed by atoms with van der Waals surface area (Å²) in [5.74, 6) is -0.473. The normalized spacial score (nSPS) is 15.6. The summed E-state index contributed by atoms with van der Waals surface area (Å²) in [4.78, 5) is 46.5. The van der Waals surface area contributed by atoms with E-state index in [1.54, 1.807) is 6.92 Å². The second kappa shape index (κ2) is 19.7. The molecule has 0 spiro atoms. The van der Waals surface area contributed by atoms with Crippen LogP contribution < -0.4 is 21.9 Å². The molecule has 0 fully saturated rings. The molecular formula is C26H41Cl2N7O9S2. The maximum atomic E-state index is 12.5. The van der Waals surface area contributed by atoms with E-state index < -0.39 is 28.2 Å². The molecule has 2 aromatic rings. The number of hydrogen-bond acceptors (Lipinski definition) is 15. The summed E-state index contributed by atoms with van der Waals surface area (Å²) in [5.41, 5.74) is 12.0. The zero-order valence-corrected chi connectivity index (χ0v) is 28.8. The minimum Gasteiger partial charge on any atom is -0.461 e. The number of esters is 1. The van der Waals surface area contributed by atoms with Gasteiger partial charge in [0.1, 0.15) is 23.5 Å². The van der Waals surface area contributed by atoms with Gasteiger partial charge in [0, 0.05) is 18.5 Å². The van der Waals surface area contributed by atoms with E-state index in [2.05, 4.69) is 20.6 Å². The van der Waals surface area contributed by atoms with Crippen LogP contribution in [0.15, 0.2) is 13.9 Å². The molecule has 2 atom stereocenters. The highest BCUT2D eigenvalue weighted by Crippen LogP contribution is 2.44. The molecule has 0 radical (unpaired) electrons. The first-order valence-corrected chi connectivity index (χ1v) is 16.6. The van der Waals surface area contributed by atoms with Gasteiger partial charge in [-0.25, -0.2) is 23.1 Å². The van der Waals surface area contributed by atoms with Crippen LogP contribution in [0.3, 0.4) is 0 Å². The Labute approximate surface area is 283 Å². The second-order valence-corrected chi connectivity index (χ2v) is 12.9. The topological polar surface area (TPSA) is 254 Å². The lowest BCUT2D eigenvalue weighted by Crippen LogP contribution is -2.42. The minimum atomic E-state index is -4.19. The van der Waals surface area contributed by atoms with Gasteiger partial charge in [-0.15, -0.1) is 36.2 Å². The number of ether oxygens (including phenoxy) is 2. The average molecular weight is 731 g/mol. The van der Waals surface area contributed by atoms with E-state index in [4.69, 9.17) is 35.4 Å². The van der Waals surface area contributed by atoms with Crippen molar-refractivity contribution < 1.29 is 41.6 Å². The van der Waals surface area contributed by atoms with Gasteiger partial charge in [-0.05, 0) is 57.1 Å². The van der Waals surface area contributed by atoms with Crippen molar-refractivity contribution >= 4 is 69.9 Å². The van der Waals surface area contributed by atoms with Gasteiger partial charge in [-0.3, -0.25) is 9.63 Å². The lowest BCUT2D eigenvalue weighted by atomic mass is 9.81. The first-order valence-electron chi connectivity index (χ1n) is 14.2. The summed E-state index contributed by atoms with van der Waals surface area (Å²) >= 11 is 0.892. The predicted octanol–water partition coefficient (Wildman–Crippen LogP) is 2.32. The van der Waals surface area contributed by atoms with E-state index in [0.29, 0.717) is 54.9 Å². The van der Waals surface area contributed by atoms with Gasteiger partial charge in [-0.2, -0.15) is 4.98 Å². The van der Waals surface area contributed by atoms with Crippen LogP contribution in [0, 0.1) is 12.8 Å². The van der Waals surface area contributed by atoms with Gasteiger partial charge < -0.3 is 30.8 Å². The van der Waals surface area contributed by atoms with Crippen LogP contribution in [0.25, 0.3) is 10.8 Å². The largest absolute Gasteiger partial charge is 0.535 e. The molecule has 1 amide bonds. The van der Waals surface area contributed by atoms with Gasteiger partial charge in [0.15, 0.2) is 5.82 Å². The number of aryl methyl sites for hydroxylation is 1. The Morgan fingerprint density at radius 2 is 1.85 bits per heavy atom. The second-order valence-electron chi connectivity index (χ2n) is 10.2. The maximum absolute atomic E-state index is 12.5. The molecule has 2 heterocycles. The summed E-state index contributed by atoms with van der Waals surface area (Å²) in [6.07, 6.45) is 2.95. The van der Waals surface area contributed by atoms with E-state index >= 15 is 0 Å². The quantitative estimate of drug-likeness (QED) is 0.0838. The van der Waals surface area contributed by atoms with Gasteiger partial charge in [0.25, 0.3) is 5.89 Å². The van der Waals surface area contributed by atoms with Gasteiger partial charge in [0.05, 0.1) is 10.6 Å². The third-order valence-corrected chi connectivity index (χ3v) is 9.31. The molecule has 7 N–H and O–H groups in total.